The van der Waals surface area contributed by atoms with Gasteiger partial charge in [-0.3, -0.25) is 4.68 Å². The zero-order chi connectivity index (χ0) is 17.0. The summed E-state index contributed by atoms with van der Waals surface area (Å²) in [5, 5.41) is 5.05. The standard InChI is InChI=1S/C15H23N5O2S/c1-10-12-7-11(8-17-14(12)19(4)18-10)23(21,22)20-6-5-13(16)15(2,3)9-20/h7-8,13H,5-6,9,16H2,1-4H3. The molecule has 2 aromatic rings. The van der Waals surface area contributed by atoms with E-state index in [4.69, 9.17) is 5.73 Å². The van der Waals surface area contributed by atoms with Gasteiger partial charge in [0.2, 0.25) is 10.0 Å². The van der Waals surface area contributed by atoms with Crippen molar-refractivity contribution >= 4 is 21.1 Å². The molecule has 0 amide bonds. The highest BCUT2D eigenvalue weighted by atomic mass is 32.2. The molecule has 1 atom stereocenters. The Labute approximate surface area is 136 Å². The van der Waals surface area contributed by atoms with Gasteiger partial charge in [0.15, 0.2) is 5.65 Å². The summed E-state index contributed by atoms with van der Waals surface area (Å²) in [6, 6.07) is 1.68. The van der Waals surface area contributed by atoms with E-state index in [1.54, 1.807) is 17.8 Å². The van der Waals surface area contributed by atoms with Gasteiger partial charge in [-0.25, -0.2) is 13.4 Å². The Hall–Kier alpha value is -1.51. The molecule has 1 aliphatic rings. The Bertz CT molecular complexity index is 856. The Morgan fingerprint density at radius 1 is 1.39 bits per heavy atom. The van der Waals surface area contributed by atoms with Crippen molar-refractivity contribution in [1.29, 1.82) is 0 Å². The van der Waals surface area contributed by atoms with E-state index in [9.17, 15) is 8.42 Å². The second-order valence-corrected chi connectivity index (χ2v) is 8.91. The highest BCUT2D eigenvalue weighted by molar-refractivity contribution is 7.89. The third kappa shape index (κ3) is 2.64. The van der Waals surface area contributed by atoms with E-state index in [1.807, 2.05) is 20.8 Å². The number of aromatic nitrogens is 3. The van der Waals surface area contributed by atoms with Crippen LogP contribution in [0, 0.1) is 12.3 Å². The van der Waals surface area contributed by atoms with Crippen LogP contribution in [0.4, 0.5) is 0 Å². The summed E-state index contributed by atoms with van der Waals surface area (Å²) in [5.41, 5.74) is 7.32. The number of fused-ring (bicyclic) bond motifs is 1. The van der Waals surface area contributed by atoms with Crippen LogP contribution >= 0.6 is 0 Å². The van der Waals surface area contributed by atoms with E-state index in [-0.39, 0.29) is 16.4 Å². The first-order chi connectivity index (χ1) is 10.6. The summed E-state index contributed by atoms with van der Waals surface area (Å²) in [5.74, 6) is 0. The minimum atomic E-state index is -3.58. The third-order valence-corrected chi connectivity index (χ3v) is 6.56. The van der Waals surface area contributed by atoms with Crippen LogP contribution in [0.15, 0.2) is 17.2 Å². The van der Waals surface area contributed by atoms with Gasteiger partial charge in [0, 0.05) is 37.8 Å². The molecule has 7 nitrogen and oxygen atoms in total. The maximum absolute atomic E-state index is 13.0. The topological polar surface area (TPSA) is 94.1 Å². The first kappa shape index (κ1) is 16.4. The number of nitrogens with two attached hydrogens (primary N) is 1. The van der Waals surface area contributed by atoms with Crippen molar-refractivity contribution in [2.24, 2.45) is 18.2 Å². The number of nitrogens with zero attached hydrogens (tertiary/aromatic N) is 4. The minimum absolute atomic E-state index is 0.00937. The molecule has 3 rings (SSSR count). The van der Waals surface area contributed by atoms with Crippen LogP contribution in [0.5, 0.6) is 0 Å². The first-order valence-corrected chi connectivity index (χ1v) is 9.12. The monoisotopic (exact) mass is 337 g/mol. The molecule has 8 heteroatoms. The van der Waals surface area contributed by atoms with Gasteiger partial charge < -0.3 is 5.73 Å². The van der Waals surface area contributed by atoms with Crippen LogP contribution in [0.1, 0.15) is 26.0 Å². The normalized spacial score (nSPS) is 22.6. The van der Waals surface area contributed by atoms with Crippen molar-refractivity contribution in [2.75, 3.05) is 13.1 Å². The molecule has 1 saturated heterocycles. The van der Waals surface area contributed by atoms with Gasteiger partial charge in [-0.15, -0.1) is 0 Å². The lowest BCUT2D eigenvalue weighted by molar-refractivity contribution is 0.155. The molecule has 1 aliphatic heterocycles. The van der Waals surface area contributed by atoms with Gasteiger partial charge in [0.1, 0.15) is 4.90 Å². The predicted octanol–water partition coefficient (Wildman–Crippen LogP) is 1.02. The van der Waals surface area contributed by atoms with Crippen LogP contribution < -0.4 is 5.73 Å². The largest absolute Gasteiger partial charge is 0.327 e. The molecule has 0 bridgehead atoms. The van der Waals surface area contributed by atoms with Gasteiger partial charge in [-0.05, 0) is 24.8 Å². The number of pyridine rings is 1. The van der Waals surface area contributed by atoms with Crippen molar-refractivity contribution in [2.45, 2.75) is 38.1 Å². The van der Waals surface area contributed by atoms with Gasteiger partial charge in [0.25, 0.3) is 0 Å². The Morgan fingerprint density at radius 2 is 2.09 bits per heavy atom. The summed E-state index contributed by atoms with van der Waals surface area (Å²) in [6.07, 6.45) is 2.08. The highest BCUT2D eigenvalue weighted by Crippen LogP contribution is 2.31. The Balaban J connectivity index is 2.01. The molecule has 0 aliphatic carbocycles. The number of sulfonamides is 1. The fourth-order valence-corrected chi connectivity index (χ4v) is 4.71. The van der Waals surface area contributed by atoms with Crippen molar-refractivity contribution in [3.8, 4) is 0 Å². The van der Waals surface area contributed by atoms with Crippen molar-refractivity contribution in [3.63, 3.8) is 0 Å². The van der Waals surface area contributed by atoms with E-state index in [1.165, 1.54) is 10.5 Å². The molecular weight excluding hydrogens is 314 g/mol. The van der Waals surface area contributed by atoms with E-state index >= 15 is 0 Å². The Morgan fingerprint density at radius 3 is 2.74 bits per heavy atom. The molecule has 0 spiro atoms. The molecular formula is C15H23N5O2S. The smallest absolute Gasteiger partial charge is 0.244 e. The van der Waals surface area contributed by atoms with E-state index in [0.717, 1.165) is 11.1 Å². The molecule has 0 radical (unpaired) electrons. The predicted molar refractivity (Wildman–Crippen MR) is 88.4 cm³/mol. The van der Waals surface area contributed by atoms with Crippen LogP contribution in [-0.4, -0.2) is 46.6 Å². The average Bonchev–Trinajstić information content (AvgIpc) is 2.76. The molecule has 2 N–H and O–H groups in total. The summed E-state index contributed by atoms with van der Waals surface area (Å²) in [4.78, 5) is 4.50. The minimum Gasteiger partial charge on any atom is -0.327 e. The maximum Gasteiger partial charge on any atom is 0.244 e. The SMILES string of the molecule is Cc1nn(C)c2ncc(S(=O)(=O)N3CCC(N)C(C)(C)C3)cc12. The molecule has 3 heterocycles. The Kier molecular flexibility index (Phi) is 3.74. The van der Waals surface area contributed by atoms with Crippen LogP contribution in [0.3, 0.4) is 0 Å². The summed E-state index contributed by atoms with van der Waals surface area (Å²) >= 11 is 0. The van der Waals surface area contributed by atoms with E-state index in [0.29, 0.717) is 25.2 Å². The first-order valence-electron chi connectivity index (χ1n) is 7.68. The van der Waals surface area contributed by atoms with Gasteiger partial charge in [-0.2, -0.15) is 9.40 Å². The molecule has 1 unspecified atom stereocenters. The van der Waals surface area contributed by atoms with Crippen molar-refractivity contribution < 1.29 is 8.42 Å². The zero-order valence-corrected chi connectivity index (χ0v) is 14.8. The maximum atomic E-state index is 13.0. The summed E-state index contributed by atoms with van der Waals surface area (Å²) in [6.45, 7) is 6.72. The zero-order valence-electron chi connectivity index (χ0n) is 13.9. The molecule has 2 aromatic heterocycles. The number of rotatable bonds is 2. The lowest BCUT2D eigenvalue weighted by atomic mass is 9.81. The highest BCUT2D eigenvalue weighted by Gasteiger charge is 2.39. The van der Waals surface area contributed by atoms with Crippen LogP contribution in [0.25, 0.3) is 11.0 Å². The second-order valence-electron chi connectivity index (χ2n) is 6.97. The van der Waals surface area contributed by atoms with E-state index in [2.05, 4.69) is 10.1 Å². The number of hydrogen-bond donors (Lipinski definition) is 1. The van der Waals surface area contributed by atoms with E-state index < -0.39 is 10.0 Å². The lowest BCUT2D eigenvalue weighted by Gasteiger charge is -2.41. The van der Waals surface area contributed by atoms with Gasteiger partial charge in [-0.1, -0.05) is 13.8 Å². The number of aryl methyl sites for hydroxylation is 2. The number of piperidine rings is 1. The molecule has 0 aromatic carbocycles. The van der Waals surface area contributed by atoms with Crippen LogP contribution in [-0.2, 0) is 17.1 Å². The quantitative estimate of drug-likeness (QED) is 0.883. The summed E-state index contributed by atoms with van der Waals surface area (Å²) < 4.78 is 29.1. The molecule has 0 saturated carbocycles. The molecule has 23 heavy (non-hydrogen) atoms. The van der Waals surface area contributed by atoms with Crippen LogP contribution in [0.2, 0.25) is 0 Å². The fraction of sp³-hybridized carbons (Fsp3) is 0.600. The van der Waals surface area contributed by atoms with Crippen molar-refractivity contribution in [3.05, 3.63) is 18.0 Å². The third-order valence-electron chi connectivity index (χ3n) is 4.75. The molecule has 126 valence electrons. The molecule has 1 fully saturated rings. The summed E-state index contributed by atoms with van der Waals surface area (Å²) in [7, 11) is -1.78. The number of hydrogen-bond acceptors (Lipinski definition) is 5. The average molecular weight is 337 g/mol. The second kappa shape index (κ2) is 5.25. The van der Waals surface area contributed by atoms with Crippen molar-refractivity contribution in [1.82, 2.24) is 19.1 Å². The lowest BCUT2D eigenvalue weighted by Crippen LogP contribution is -2.53. The van der Waals surface area contributed by atoms with Gasteiger partial charge >= 0.3 is 0 Å². The fourth-order valence-electron chi connectivity index (χ4n) is 3.11. The van der Waals surface area contributed by atoms with Gasteiger partial charge in [0.05, 0.1) is 5.69 Å².